The van der Waals surface area contributed by atoms with Crippen molar-refractivity contribution in [1.29, 1.82) is 0 Å². The molecule has 14 heteroatoms. The number of hydrogen-bond donors (Lipinski definition) is 4. The molecule has 0 aromatic heterocycles. The summed E-state index contributed by atoms with van der Waals surface area (Å²) >= 11 is 0. The molecule has 1 aromatic carbocycles. The van der Waals surface area contributed by atoms with E-state index in [0.29, 0.717) is 71.2 Å². The highest BCUT2D eigenvalue weighted by molar-refractivity contribution is 5.80. The number of hydrogen-bond acceptors (Lipinski definition) is 11. The molecule has 0 spiro atoms. The van der Waals surface area contributed by atoms with Crippen molar-refractivity contribution in [3.63, 3.8) is 0 Å². The smallest absolute Gasteiger partial charge is 0.317 e. The minimum atomic E-state index is -0.936. The molecule has 246 valence electrons. The van der Waals surface area contributed by atoms with Gasteiger partial charge in [0, 0.05) is 58.9 Å². The minimum absolute atomic E-state index is 0.123. The fraction of sp³-hybridized carbons (Fsp3) is 0.633. The fourth-order valence-electron chi connectivity index (χ4n) is 4.76. The van der Waals surface area contributed by atoms with Crippen LogP contribution in [0.4, 0.5) is 0 Å². The average molecular weight is 620 g/mol. The van der Waals surface area contributed by atoms with Crippen molar-refractivity contribution >= 4 is 30.4 Å². The number of rotatable bonds is 16. The van der Waals surface area contributed by atoms with E-state index in [1.165, 1.54) is 0 Å². The molecule has 0 saturated carbocycles. The number of nitrogens with one attached hydrogen (secondary N) is 2. The van der Waals surface area contributed by atoms with Gasteiger partial charge in [0.2, 0.25) is 5.91 Å². The van der Waals surface area contributed by atoms with E-state index in [9.17, 15) is 29.1 Å². The maximum Gasteiger partial charge on any atom is 0.317 e. The predicted molar refractivity (Wildman–Crippen MR) is 164 cm³/mol. The molecule has 1 aliphatic rings. The van der Waals surface area contributed by atoms with Gasteiger partial charge in [0.15, 0.2) is 0 Å². The van der Waals surface area contributed by atoms with Gasteiger partial charge in [-0.1, -0.05) is 38.1 Å². The lowest BCUT2D eigenvalue weighted by molar-refractivity contribution is -0.138. The first-order chi connectivity index (χ1) is 21.1. The number of aldehydes is 2. The van der Waals surface area contributed by atoms with Gasteiger partial charge >= 0.3 is 5.97 Å². The molecule has 1 saturated heterocycles. The summed E-state index contributed by atoms with van der Waals surface area (Å²) in [6.45, 7) is 9.07. The van der Waals surface area contributed by atoms with Gasteiger partial charge in [0.25, 0.3) is 5.91 Å². The monoisotopic (exact) mass is 619 g/mol. The SMILES string of the molecule is CC(C)C[C@@H](N)C(=O)NOCc1ccc(CNC(=O)CN2CCN(CC=O)CCN(CC=O)CCN(CC(=O)O)CC2)cc1. The Morgan fingerprint density at radius 1 is 0.841 bits per heavy atom. The number of carbonyl (C=O) groups is 5. The highest BCUT2D eigenvalue weighted by Crippen LogP contribution is 2.07. The minimum Gasteiger partial charge on any atom is -0.480 e. The van der Waals surface area contributed by atoms with Crippen LogP contribution < -0.4 is 16.5 Å². The topological polar surface area (TPSA) is 178 Å². The molecule has 1 fully saturated rings. The largest absolute Gasteiger partial charge is 0.480 e. The van der Waals surface area contributed by atoms with Crippen molar-refractivity contribution in [3.05, 3.63) is 35.4 Å². The van der Waals surface area contributed by atoms with Crippen LogP contribution in [0, 0.1) is 5.92 Å². The summed E-state index contributed by atoms with van der Waals surface area (Å²) in [5.74, 6) is -1.17. The molecule has 0 unspecified atom stereocenters. The van der Waals surface area contributed by atoms with E-state index in [1.807, 2.05) is 57.7 Å². The van der Waals surface area contributed by atoms with E-state index in [-0.39, 0.29) is 44.6 Å². The first kappa shape index (κ1) is 36.9. The standard InChI is InChI=1S/C30H49N7O7/c1-24(2)19-27(31)30(43)33-44-23-26-5-3-25(4-6-26)20-32-28(40)21-36-11-9-34(15-17-38)7-8-35(16-18-39)10-12-37(14-13-36)22-29(41)42/h3-6,17-18,24,27H,7-16,19-23,31H2,1-2H3,(H,32,40)(H,33,43)(H,41,42)/t27-/m1/s1. The van der Waals surface area contributed by atoms with E-state index >= 15 is 0 Å². The number of hydroxylamine groups is 1. The Morgan fingerprint density at radius 2 is 1.32 bits per heavy atom. The van der Waals surface area contributed by atoms with Gasteiger partial charge < -0.3 is 25.7 Å². The molecule has 14 nitrogen and oxygen atoms in total. The zero-order valence-electron chi connectivity index (χ0n) is 26.0. The van der Waals surface area contributed by atoms with Gasteiger partial charge in [-0.2, -0.15) is 0 Å². The van der Waals surface area contributed by atoms with Crippen LogP contribution in [0.1, 0.15) is 31.4 Å². The molecule has 2 rings (SSSR count). The van der Waals surface area contributed by atoms with E-state index in [2.05, 4.69) is 10.8 Å². The lowest BCUT2D eigenvalue weighted by Crippen LogP contribution is -2.49. The summed E-state index contributed by atoms with van der Waals surface area (Å²) in [6, 6.07) is 6.83. The number of carboxylic acid groups (broad SMARTS) is 1. The van der Waals surface area contributed by atoms with Gasteiger partial charge in [-0.05, 0) is 23.5 Å². The van der Waals surface area contributed by atoms with Crippen LogP contribution in [0.2, 0.25) is 0 Å². The summed E-state index contributed by atoms with van der Waals surface area (Å²) in [5.41, 5.74) is 9.98. The van der Waals surface area contributed by atoms with E-state index in [1.54, 1.807) is 0 Å². The highest BCUT2D eigenvalue weighted by atomic mass is 16.6. The van der Waals surface area contributed by atoms with Crippen LogP contribution in [0.3, 0.4) is 0 Å². The Labute approximate surface area is 259 Å². The summed E-state index contributed by atoms with van der Waals surface area (Å²) in [5, 5.41) is 12.3. The summed E-state index contributed by atoms with van der Waals surface area (Å²) < 4.78 is 0. The molecular weight excluding hydrogens is 570 g/mol. The third kappa shape index (κ3) is 15.5. The summed E-state index contributed by atoms with van der Waals surface area (Å²) in [4.78, 5) is 71.7. The van der Waals surface area contributed by atoms with Crippen molar-refractivity contribution in [2.24, 2.45) is 11.7 Å². The second-order valence-electron chi connectivity index (χ2n) is 11.5. The molecule has 0 bridgehead atoms. The first-order valence-electron chi connectivity index (χ1n) is 15.1. The number of carbonyl (C=O) groups excluding carboxylic acids is 4. The Balaban J connectivity index is 1.89. The van der Waals surface area contributed by atoms with E-state index in [4.69, 9.17) is 10.6 Å². The Kier molecular flexibility index (Phi) is 17.3. The number of carboxylic acids is 1. The molecule has 1 aliphatic heterocycles. The lowest BCUT2D eigenvalue weighted by Gasteiger charge is -2.32. The van der Waals surface area contributed by atoms with Crippen LogP contribution >= 0.6 is 0 Å². The van der Waals surface area contributed by atoms with Gasteiger partial charge in [0.05, 0.1) is 38.8 Å². The third-order valence-electron chi connectivity index (χ3n) is 7.31. The van der Waals surface area contributed by atoms with E-state index < -0.39 is 12.0 Å². The van der Waals surface area contributed by atoms with Gasteiger partial charge in [-0.3, -0.25) is 38.8 Å². The van der Waals surface area contributed by atoms with Crippen LogP contribution in [0.15, 0.2) is 24.3 Å². The van der Waals surface area contributed by atoms with Gasteiger partial charge in [-0.15, -0.1) is 0 Å². The number of amides is 2. The molecule has 5 N–H and O–H groups in total. The average Bonchev–Trinajstić information content (AvgIpc) is 2.97. The molecule has 0 aliphatic carbocycles. The Bertz CT molecular complexity index is 1040. The molecule has 2 amide bonds. The summed E-state index contributed by atoms with van der Waals surface area (Å²) in [7, 11) is 0. The predicted octanol–water partition coefficient (Wildman–Crippen LogP) is -1.07. The highest BCUT2D eigenvalue weighted by Gasteiger charge is 2.19. The molecule has 0 radical (unpaired) electrons. The first-order valence-corrected chi connectivity index (χ1v) is 15.1. The normalized spacial score (nSPS) is 17.3. The Morgan fingerprint density at radius 3 is 1.80 bits per heavy atom. The molecule has 1 atom stereocenters. The van der Waals surface area contributed by atoms with Gasteiger partial charge in [-0.25, -0.2) is 5.48 Å². The summed E-state index contributed by atoms with van der Waals surface area (Å²) in [6.07, 6.45) is 2.24. The zero-order valence-corrected chi connectivity index (χ0v) is 26.0. The lowest BCUT2D eigenvalue weighted by atomic mass is 10.0. The second kappa shape index (κ2) is 20.6. The maximum atomic E-state index is 12.9. The fourth-order valence-corrected chi connectivity index (χ4v) is 4.76. The van der Waals surface area contributed by atoms with Crippen molar-refractivity contribution in [2.75, 3.05) is 78.5 Å². The third-order valence-corrected chi connectivity index (χ3v) is 7.31. The number of aliphatic carboxylic acids is 1. The van der Waals surface area contributed by atoms with Crippen molar-refractivity contribution in [3.8, 4) is 0 Å². The van der Waals surface area contributed by atoms with Crippen LogP contribution in [0.5, 0.6) is 0 Å². The maximum absolute atomic E-state index is 12.9. The number of nitrogens with zero attached hydrogens (tertiary/aromatic N) is 4. The zero-order chi connectivity index (χ0) is 32.3. The van der Waals surface area contributed by atoms with Crippen molar-refractivity contribution < 1.29 is 33.9 Å². The van der Waals surface area contributed by atoms with Crippen LogP contribution in [0.25, 0.3) is 0 Å². The van der Waals surface area contributed by atoms with Crippen molar-refractivity contribution in [1.82, 2.24) is 30.4 Å². The van der Waals surface area contributed by atoms with Crippen molar-refractivity contribution in [2.45, 2.75) is 39.5 Å². The Hall–Kier alpha value is -3.27. The van der Waals surface area contributed by atoms with Gasteiger partial charge in [0.1, 0.15) is 12.6 Å². The number of nitrogens with two attached hydrogens (primary N) is 1. The second-order valence-corrected chi connectivity index (χ2v) is 11.5. The number of benzene rings is 1. The molecular formula is C30H49N7O7. The van der Waals surface area contributed by atoms with Crippen LogP contribution in [-0.2, 0) is 42.0 Å². The quantitative estimate of drug-likeness (QED) is 0.130. The van der Waals surface area contributed by atoms with E-state index in [0.717, 1.165) is 23.7 Å². The molecule has 1 heterocycles. The molecule has 44 heavy (non-hydrogen) atoms. The van der Waals surface area contributed by atoms with Crippen LogP contribution in [-0.4, -0.2) is 140 Å². The molecule has 1 aromatic rings.